The number of nitrogens with one attached hydrogen (secondary N) is 1. The normalized spacial score (nSPS) is 19.1. The van der Waals surface area contributed by atoms with Gasteiger partial charge >= 0.3 is 5.97 Å². The lowest BCUT2D eigenvalue weighted by molar-refractivity contribution is 0.0690. The van der Waals surface area contributed by atoms with Gasteiger partial charge in [0.05, 0.1) is 0 Å². The molecule has 0 fully saturated rings. The molecular formula is C11H13NO3. The minimum absolute atomic E-state index is 0.252. The number of carboxylic acids is 1. The summed E-state index contributed by atoms with van der Waals surface area (Å²) in [5.74, 6) is -0.411. The van der Waals surface area contributed by atoms with Crippen LogP contribution in [-0.4, -0.2) is 30.8 Å². The lowest BCUT2D eigenvalue weighted by Gasteiger charge is -2.25. The third kappa shape index (κ3) is 1.80. The lowest BCUT2D eigenvalue weighted by atomic mass is 9.99. The Morgan fingerprint density at radius 1 is 1.60 bits per heavy atom. The molecule has 0 amide bonds. The Morgan fingerprint density at radius 3 is 3.07 bits per heavy atom. The fraction of sp³-hybridized carbons (Fsp3) is 0.364. The SMILES string of the molecule is CNC1COc2c(cccc2C(=O)O)C1. The van der Waals surface area contributed by atoms with Crippen molar-refractivity contribution in [2.24, 2.45) is 0 Å². The number of fused-ring (bicyclic) bond motifs is 1. The van der Waals surface area contributed by atoms with Crippen LogP contribution >= 0.6 is 0 Å². The molecule has 0 aromatic heterocycles. The van der Waals surface area contributed by atoms with Crippen molar-refractivity contribution in [3.63, 3.8) is 0 Å². The summed E-state index contributed by atoms with van der Waals surface area (Å²) >= 11 is 0. The zero-order valence-electron chi connectivity index (χ0n) is 8.49. The van der Waals surface area contributed by atoms with Crippen LogP contribution in [0.2, 0.25) is 0 Å². The summed E-state index contributed by atoms with van der Waals surface area (Å²) in [5, 5.41) is 12.1. The number of likely N-dealkylation sites (N-methyl/N-ethyl adjacent to an activating group) is 1. The van der Waals surface area contributed by atoms with Gasteiger partial charge in [0.15, 0.2) is 0 Å². The Labute approximate surface area is 87.9 Å². The van der Waals surface area contributed by atoms with E-state index in [1.54, 1.807) is 12.1 Å². The van der Waals surface area contributed by atoms with E-state index in [1.807, 2.05) is 13.1 Å². The Morgan fingerprint density at radius 2 is 2.40 bits per heavy atom. The minimum atomic E-state index is -0.935. The van der Waals surface area contributed by atoms with E-state index in [9.17, 15) is 4.79 Å². The third-order valence-corrected chi connectivity index (χ3v) is 2.63. The smallest absolute Gasteiger partial charge is 0.339 e. The highest BCUT2D eigenvalue weighted by atomic mass is 16.5. The first-order chi connectivity index (χ1) is 7.22. The van der Waals surface area contributed by atoms with E-state index >= 15 is 0 Å². The Bertz CT molecular complexity index is 389. The van der Waals surface area contributed by atoms with E-state index < -0.39 is 5.97 Å². The number of carbonyl (C=O) groups is 1. The van der Waals surface area contributed by atoms with Gasteiger partial charge in [-0.25, -0.2) is 4.79 Å². The van der Waals surface area contributed by atoms with Gasteiger partial charge in [-0.1, -0.05) is 12.1 Å². The molecule has 1 unspecified atom stereocenters. The van der Waals surface area contributed by atoms with E-state index in [4.69, 9.17) is 9.84 Å². The number of carboxylic acid groups (broad SMARTS) is 1. The first-order valence-corrected chi connectivity index (χ1v) is 4.87. The number of para-hydroxylation sites is 1. The van der Waals surface area contributed by atoms with Crippen molar-refractivity contribution in [2.45, 2.75) is 12.5 Å². The highest BCUT2D eigenvalue weighted by molar-refractivity contribution is 5.91. The van der Waals surface area contributed by atoms with Crippen molar-refractivity contribution in [3.05, 3.63) is 29.3 Å². The molecule has 1 aromatic rings. The van der Waals surface area contributed by atoms with Crippen LogP contribution in [0.1, 0.15) is 15.9 Å². The quantitative estimate of drug-likeness (QED) is 0.756. The van der Waals surface area contributed by atoms with Crippen molar-refractivity contribution in [2.75, 3.05) is 13.7 Å². The van der Waals surface area contributed by atoms with Gasteiger partial charge in [-0.15, -0.1) is 0 Å². The monoisotopic (exact) mass is 207 g/mol. The lowest BCUT2D eigenvalue weighted by Crippen LogP contribution is -2.37. The summed E-state index contributed by atoms with van der Waals surface area (Å²) in [6.45, 7) is 0.522. The van der Waals surface area contributed by atoms with E-state index in [0.29, 0.717) is 12.4 Å². The van der Waals surface area contributed by atoms with Crippen LogP contribution in [0.4, 0.5) is 0 Å². The maximum absolute atomic E-state index is 10.9. The summed E-state index contributed by atoms with van der Waals surface area (Å²) in [4.78, 5) is 10.9. The first kappa shape index (κ1) is 9.98. The van der Waals surface area contributed by atoms with Crippen molar-refractivity contribution in [3.8, 4) is 5.75 Å². The van der Waals surface area contributed by atoms with Gasteiger partial charge in [0.25, 0.3) is 0 Å². The molecule has 0 aliphatic carbocycles. The topological polar surface area (TPSA) is 58.6 Å². The number of rotatable bonds is 2. The van der Waals surface area contributed by atoms with Gasteiger partial charge in [-0.3, -0.25) is 0 Å². The Hall–Kier alpha value is -1.55. The molecule has 1 aromatic carbocycles. The predicted molar refractivity (Wildman–Crippen MR) is 55.4 cm³/mol. The van der Waals surface area contributed by atoms with E-state index in [1.165, 1.54) is 0 Å². The third-order valence-electron chi connectivity index (χ3n) is 2.63. The van der Waals surface area contributed by atoms with Crippen molar-refractivity contribution in [1.29, 1.82) is 0 Å². The van der Waals surface area contributed by atoms with Crippen LogP contribution in [-0.2, 0) is 6.42 Å². The second-order valence-electron chi connectivity index (χ2n) is 3.60. The summed E-state index contributed by atoms with van der Waals surface area (Å²) < 4.78 is 5.48. The van der Waals surface area contributed by atoms with Crippen molar-refractivity contribution < 1.29 is 14.6 Å². The van der Waals surface area contributed by atoms with Gasteiger partial charge < -0.3 is 15.2 Å². The van der Waals surface area contributed by atoms with Gasteiger partial charge in [0.2, 0.25) is 0 Å². The summed E-state index contributed by atoms with van der Waals surface area (Å²) in [5.41, 5.74) is 1.21. The minimum Gasteiger partial charge on any atom is -0.491 e. The molecule has 0 saturated heterocycles. The summed E-state index contributed by atoms with van der Waals surface area (Å²) in [6, 6.07) is 5.50. The molecule has 1 aliphatic rings. The second-order valence-corrected chi connectivity index (χ2v) is 3.60. The molecule has 80 valence electrons. The number of aromatic carboxylic acids is 1. The molecule has 0 bridgehead atoms. The second kappa shape index (κ2) is 3.90. The molecule has 15 heavy (non-hydrogen) atoms. The number of ether oxygens (including phenoxy) is 1. The van der Waals surface area contributed by atoms with Crippen LogP contribution in [0.5, 0.6) is 5.75 Å². The molecule has 0 radical (unpaired) electrons. The molecular weight excluding hydrogens is 194 g/mol. The maximum Gasteiger partial charge on any atom is 0.339 e. The zero-order chi connectivity index (χ0) is 10.8. The van der Waals surface area contributed by atoms with Crippen LogP contribution < -0.4 is 10.1 Å². The fourth-order valence-corrected chi connectivity index (χ4v) is 1.78. The highest BCUT2D eigenvalue weighted by Crippen LogP contribution is 2.28. The van der Waals surface area contributed by atoms with Crippen molar-refractivity contribution in [1.82, 2.24) is 5.32 Å². The average Bonchev–Trinajstić information content (AvgIpc) is 2.27. The fourth-order valence-electron chi connectivity index (χ4n) is 1.78. The van der Waals surface area contributed by atoms with Gasteiger partial charge in [-0.05, 0) is 25.1 Å². The van der Waals surface area contributed by atoms with Gasteiger partial charge in [0.1, 0.15) is 17.9 Å². The average molecular weight is 207 g/mol. The van der Waals surface area contributed by atoms with Crippen LogP contribution in [0.15, 0.2) is 18.2 Å². The standard InChI is InChI=1S/C11H13NO3/c1-12-8-5-7-3-2-4-9(11(13)14)10(7)15-6-8/h2-4,8,12H,5-6H2,1H3,(H,13,14). The first-order valence-electron chi connectivity index (χ1n) is 4.87. The number of hydrogen-bond acceptors (Lipinski definition) is 3. The molecule has 2 N–H and O–H groups in total. The maximum atomic E-state index is 10.9. The molecule has 0 saturated carbocycles. The largest absolute Gasteiger partial charge is 0.491 e. The van der Waals surface area contributed by atoms with Crippen LogP contribution in [0.25, 0.3) is 0 Å². The number of hydrogen-bond donors (Lipinski definition) is 2. The molecule has 2 rings (SSSR count). The molecule has 1 aliphatic heterocycles. The molecule has 4 nitrogen and oxygen atoms in total. The Balaban J connectivity index is 2.37. The highest BCUT2D eigenvalue weighted by Gasteiger charge is 2.22. The van der Waals surface area contributed by atoms with Gasteiger partial charge in [-0.2, -0.15) is 0 Å². The van der Waals surface area contributed by atoms with Gasteiger partial charge in [0, 0.05) is 6.04 Å². The summed E-state index contributed by atoms with van der Waals surface area (Å²) in [7, 11) is 1.88. The Kier molecular flexibility index (Phi) is 2.60. The number of benzene rings is 1. The molecule has 1 atom stereocenters. The van der Waals surface area contributed by atoms with E-state index in [0.717, 1.165) is 12.0 Å². The molecule has 4 heteroatoms. The van der Waals surface area contributed by atoms with Crippen LogP contribution in [0, 0.1) is 0 Å². The van der Waals surface area contributed by atoms with E-state index in [2.05, 4.69) is 5.32 Å². The van der Waals surface area contributed by atoms with E-state index in [-0.39, 0.29) is 11.6 Å². The summed E-state index contributed by atoms with van der Waals surface area (Å²) in [6.07, 6.45) is 0.812. The molecule has 0 spiro atoms. The molecule has 1 heterocycles. The zero-order valence-corrected chi connectivity index (χ0v) is 8.49. The van der Waals surface area contributed by atoms with Crippen LogP contribution in [0.3, 0.4) is 0 Å². The van der Waals surface area contributed by atoms with Crippen molar-refractivity contribution >= 4 is 5.97 Å². The predicted octanol–water partition coefficient (Wildman–Crippen LogP) is 0.908.